The molecule has 0 bridgehead atoms. The molecule has 1 aliphatic heterocycles. The molecule has 0 amide bonds. The number of morpholine rings is 1. The maximum absolute atomic E-state index is 5.01. The average molecular weight is 137 g/mol. The summed E-state index contributed by atoms with van der Waals surface area (Å²) in [6, 6.07) is 0. The number of rotatable bonds is 1. The number of nitrogens with one attached hydrogen (secondary N) is 1. The minimum atomic E-state index is 0.889. The summed E-state index contributed by atoms with van der Waals surface area (Å²) in [5.41, 5.74) is 0. The average Bonchev–Trinajstić information content (AvgIpc) is 2.08. The predicted octanol–water partition coefficient (Wildman–Crippen LogP) is 0.589. The first-order valence-electron chi connectivity index (χ1n) is 4.20. The molecule has 0 unspecified atom stereocenters. The van der Waals surface area contributed by atoms with Gasteiger partial charge in [-0.05, 0) is 0 Å². The van der Waals surface area contributed by atoms with Crippen molar-refractivity contribution >= 4 is 17.7 Å². The van der Waals surface area contributed by atoms with Crippen molar-refractivity contribution < 1.29 is 4.74 Å². The molecule has 0 aromatic rings. The van der Waals surface area contributed by atoms with E-state index in [1.807, 2.05) is 0 Å². The minimum absolute atomic E-state index is 0.889. The van der Waals surface area contributed by atoms with Crippen molar-refractivity contribution in [2.24, 2.45) is 0 Å². The molecule has 56 valence electrons. The van der Waals surface area contributed by atoms with Crippen LogP contribution in [0.2, 0.25) is 5.09 Å². The standard InChI is InChI=1S/C4H9NO.C3H7.Li/c1-3-6-4-2-5-1;1-3-2;/h5H,1-4H2;1,3H2,2H3;. The Balaban J connectivity index is 0.000000180. The van der Waals surface area contributed by atoms with Crippen molar-refractivity contribution in [3.8, 4) is 0 Å². The zero-order valence-corrected chi connectivity index (χ0v) is 7.15. The molecule has 1 aliphatic rings. The van der Waals surface area contributed by atoms with Gasteiger partial charge >= 0.3 is 36.2 Å². The summed E-state index contributed by atoms with van der Waals surface area (Å²) in [6.45, 7) is 6.01. The van der Waals surface area contributed by atoms with E-state index in [-0.39, 0.29) is 0 Å². The number of ether oxygens (including phenoxy) is 1. The van der Waals surface area contributed by atoms with Crippen LogP contribution in [0.25, 0.3) is 0 Å². The van der Waals surface area contributed by atoms with Crippen LogP contribution in [-0.2, 0) is 4.74 Å². The van der Waals surface area contributed by atoms with Gasteiger partial charge in [0.15, 0.2) is 0 Å². The molecule has 2 nitrogen and oxygen atoms in total. The Labute approximate surface area is 72.9 Å². The second-order valence-corrected chi connectivity index (χ2v) is 2.36. The monoisotopic (exact) mass is 137 g/mol. The molecular formula is C7H16LiNO. The molecule has 1 heterocycles. The quantitative estimate of drug-likeness (QED) is 0.534. The van der Waals surface area contributed by atoms with Crippen LogP contribution < -0.4 is 5.32 Å². The van der Waals surface area contributed by atoms with Crippen LogP contribution in [0.15, 0.2) is 0 Å². The van der Waals surface area contributed by atoms with E-state index >= 15 is 0 Å². The summed E-state index contributed by atoms with van der Waals surface area (Å²) < 4.78 is 5.01. The van der Waals surface area contributed by atoms with Crippen LogP contribution in [0.5, 0.6) is 0 Å². The third-order valence-corrected chi connectivity index (χ3v) is 1.35. The van der Waals surface area contributed by atoms with Gasteiger partial charge in [0.1, 0.15) is 0 Å². The Morgan fingerprint density at radius 2 is 1.90 bits per heavy atom. The van der Waals surface area contributed by atoms with E-state index in [4.69, 9.17) is 4.74 Å². The molecule has 10 heavy (non-hydrogen) atoms. The van der Waals surface area contributed by atoms with E-state index < -0.39 is 0 Å². The summed E-state index contributed by atoms with van der Waals surface area (Å²) in [6.07, 6.45) is 1.32. The van der Waals surface area contributed by atoms with Crippen molar-refractivity contribution in [2.75, 3.05) is 26.3 Å². The SMILES string of the molecule is C1COCCN1.[Li][CH2]CC. The van der Waals surface area contributed by atoms with Gasteiger partial charge in [0.05, 0.1) is 13.2 Å². The van der Waals surface area contributed by atoms with Gasteiger partial charge in [-0.1, -0.05) is 0 Å². The van der Waals surface area contributed by atoms with Gasteiger partial charge in [0, 0.05) is 13.1 Å². The van der Waals surface area contributed by atoms with Crippen molar-refractivity contribution in [1.29, 1.82) is 0 Å². The Kier molecular flexibility index (Phi) is 10.0. The van der Waals surface area contributed by atoms with Crippen molar-refractivity contribution in [1.82, 2.24) is 5.32 Å². The predicted molar refractivity (Wildman–Crippen MR) is 44.5 cm³/mol. The van der Waals surface area contributed by atoms with E-state index in [0.29, 0.717) is 0 Å². The normalized spacial score (nSPS) is 17.5. The van der Waals surface area contributed by atoms with E-state index in [0.717, 1.165) is 26.3 Å². The fourth-order valence-corrected chi connectivity index (χ4v) is 0.516. The molecule has 3 heteroatoms. The van der Waals surface area contributed by atoms with Gasteiger partial charge in [0.25, 0.3) is 0 Å². The fraction of sp³-hybridized carbons (Fsp3) is 1.00. The molecule has 1 N–H and O–H groups in total. The van der Waals surface area contributed by atoms with Crippen LogP contribution in [0, 0.1) is 0 Å². The van der Waals surface area contributed by atoms with Crippen molar-refractivity contribution in [2.45, 2.75) is 18.4 Å². The second-order valence-electron chi connectivity index (χ2n) is 2.36. The van der Waals surface area contributed by atoms with E-state index in [2.05, 4.69) is 30.0 Å². The topological polar surface area (TPSA) is 21.3 Å². The molecule has 1 rings (SSSR count). The molecule has 0 aromatic heterocycles. The van der Waals surface area contributed by atoms with Crippen molar-refractivity contribution in [3.63, 3.8) is 0 Å². The Bertz CT molecular complexity index is 44.1. The molecular weight excluding hydrogens is 121 g/mol. The van der Waals surface area contributed by atoms with Gasteiger partial charge in [-0.2, -0.15) is 0 Å². The third kappa shape index (κ3) is 8.52. The molecule has 0 radical (unpaired) electrons. The Morgan fingerprint density at radius 1 is 1.40 bits per heavy atom. The van der Waals surface area contributed by atoms with E-state index in [9.17, 15) is 0 Å². The molecule has 0 spiro atoms. The van der Waals surface area contributed by atoms with Crippen LogP contribution in [0.3, 0.4) is 0 Å². The number of hydrogen-bond acceptors (Lipinski definition) is 2. The van der Waals surface area contributed by atoms with Gasteiger partial charge in [-0.15, -0.1) is 0 Å². The summed E-state index contributed by atoms with van der Waals surface area (Å²) in [5.74, 6) is 0. The van der Waals surface area contributed by atoms with Crippen LogP contribution >= 0.6 is 0 Å². The molecule has 0 atom stereocenters. The summed E-state index contributed by atoms with van der Waals surface area (Å²) in [5, 5.41) is 4.48. The molecule has 0 aliphatic carbocycles. The maximum atomic E-state index is 5.01. The zero-order valence-electron chi connectivity index (χ0n) is 7.15. The van der Waals surface area contributed by atoms with E-state index in [1.54, 1.807) is 0 Å². The molecule has 0 saturated carbocycles. The van der Waals surface area contributed by atoms with E-state index in [1.165, 1.54) is 11.5 Å². The van der Waals surface area contributed by atoms with Gasteiger partial charge < -0.3 is 10.1 Å². The first-order valence-corrected chi connectivity index (χ1v) is 4.20. The van der Waals surface area contributed by atoms with Gasteiger partial charge in [0.2, 0.25) is 0 Å². The van der Waals surface area contributed by atoms with Crippen molar-refractivity contribution in [3.05, 3.63) is 0 Å². The second kappa shape index (κ2) is 9.52. The van der Waals surface area contributed by atoms with Crippen LogP contribution in [0.4, 0.5) is 0 Å². The Morgan fingerprint density at radius 3 is 2.00 bits per heavy atom. The number of hydrogen-bond donors (Lipinski definition) is 1. The van der Waals surface area contributed by atoms with Crippen LogP contribution in [0.1, 0.15) is 13.3 Å². The Hall–Kier alpha value is 0.517. The van der Waals surface area contributed by atoms with Crippen LogP contribution in [-0.4, -0.2) is 44.0 Å². The fourth-order valence-electron chi connectivity index (χ4n) is 0.516. The summed E-state index contributed by atoms with van der Waals surface area (Å²) in [7, 11) is 0. The zero-order chi connectivity index (χ0) is 7.66. The van der Waals surface area contributed by atoms with Gasteiger partial charge in [-0.3, -0.25) is 0 Å². The molecule has 1 fully saturated rings. The first-order chi connectivity index (χ1) is 4.91. The summed E-state index contributed by atoms with van der Waals surface area (Å²) >= 11 is 2.18. The van der Waals surface area contributed by atoms with Gasteiger partial charge in [-0.25, -0.2) is 0 Å². The summed E-state index contributed by atoms with van der Waals surface area (Å²) in [4.78, 5) is 0. The third-order valence-electron chi connectivity index (χ3n) is 1.35. The molecule has 1 saturated heterocycles. The first kappa shape index (κ1) is 10.5. The molecule has 0 aromatic carbocycles.